The molecule has 0 atom stereocenters. The number of hydrogen-bond donors (Lipinski definition) is 4. The zero-order valence-corrected chi connectivity index (χ0v) is 17.3. The van der Waals surface area contributed by atoms with Crippen LogP contribution < -0.4 is 10.8 Å². The summed E-state index contributed by atoms with van der Waals surface area (Å²) in [6.07, 6.45) is 2.08. The first kappa shape index (κ1) is 20.4. The fourth-order valence-electron chi connectivity index (χ4n) is 3.70. The Bertz CT molecular complexity index is 1270. The highest BCUT2D eigenvalue weighted by molar-refractivity contribution is 5.98. The number of H-pyrrole nitrogens is 1. The molecule has 0 aliphatic heterocycles. The van der Waals surface area contributed by atoms with Crippen LogP contribution in [0.4, 0.5) is 5.69 Å². The largest absolute Gasteiger partial charge is 0.361 e. The van der Waals surface area contributed by atoms with Crippen molar-refractivity contribution in [2.24, 2.45) is 0 Å². The summed E-state index contributed by atoms with van der Waals surface area (Å²) in [5.74, 6) is -0.756. The minimum Gasteiger partial charge on any atom is -0.361 e. The van der Waals surface area contributed by atoms with Crippen LogP contribution in [-0.4, -0.2) is 22.0 Å². The zero-order valence-electron chi connectivity index (χ0n) is 17.3. The Balaban J connectivity index is 1.55. The summed E-state index contributed by atoms with van der Waals surface area (Å²) in [7, 11) is 0. The molecule has 0 aliphatic carbocycles. The number of aromatic nitrogens is 1. The lowest BCUT2D eigenvalue weighted by molar-refractivity contribution is -0.115. The van der Waals surface area contributed by atoms with Crippen LogP contribution in [0.5, 0.6) is 0 Å². The lowest BCUT2D eigenvalue weighted by atomic mass is 9.95. The van der Waals surface area contributed by atoms with Gasteiger partial charge in [-0.2, -0.15) is 0 Å². The minimum absolute atomic E-state index is 0.155. The van der Waals surface area contributed by atoms with Crippen molar-refractivity contribution in [2.45, 2.75) is 20.3 Å². The second kappa shape index (κ2) is 8.45. The summed E-state index contributed by atoms with van der Waals surface area (Å²) >= 11 is 0. The van der Waals surface area contributed by atoms with E-state index in [4.69, 9.17) is 5.21 Å². The first-order chi connectivity index (χ1) is 15.0. The van der Waals surface area contributed by atoms with Gasteiger partial charge >= 0.3 is 0 Å². The van der Waals surface area contributed by atoms with Gasteiger partial charge in [-0.25, -0.2) is 5.48 Å². The number of rotatable bonds is 5. The number of benzene rings is 3. The van der Waals surface area contributed by atoms with Gasteiger partial charge in [0.25, 0.3) is 5.91 Å². The number of fused-ring (bicyclic) bond motifs is 1. The molecular weight excluding hydrogens is 390 g/mol. The van der Waals surface area contributed by atoms with Crippen LogP contribution in [0.25, 0.3) is 22.0 Å². The molecule has 0 radical (unpaired) electrons. The van der Waals surface area contributed by atoms with E-state index in [0.717, 1.165) is 22.0 Å². The third-order valence-corrected chi connectivity index (χ3v) is 5.57. The molecule has 4 aromatic rings. The van der Waals surface area contributed by atoms with Gasteiger partial charge in [0.2, 0.25) is 5.91 Å². The van der Waals surface area contributed by atoms with E-state index in [1.807, 2.05) is 12.3 Å². The van der Waals surface area contributed by atoms with Crippen LogP contribution in [0, 0.1) is 13.8 Å². The molecule has 0 bridgehead atoms. The normalized spacial score (nSPS) is 10.8. The number of amides is 2. The number of anilines is 1. The molecule has 0 aliphatic rings. The molecule has 6 heteroatoms. The Kier molecular flexibility index (Phi) is 5.56. The second-order valence-electron chi connectivity index (χ2n) is 7.56. The molecule has 156 valence electrons. The van der Waals surface area contributed by atoms with Gasteiger partial charge < -0.3 is 10.3 Å². The summed E-state index contributed by atoms with van der Waals surface area (Å²) < 4.78 is 0. The van der Waals surface area contributed by atoms with E-state index in [1.54, 1.807) is 17.6 Å². The Hall–Kier alpha value is -3.90. The third kappa shape index (κ3) is 4.20. The SMILES string of the molecule is Cc1cccc(-c2ccc3[nH]cc(CC(=O)Nc4ccc(C(=O)NO)cc4)c3c2)c1C. The number of hydroxylamine groups is 1. The lowest BCUT2D eigenvalue weighted by Crippen LogP contribution is -2.18. The molecule has 0 unspecified atom stereocenters. The van der Waals surface area contributed by atoms with Gasteiger partial charge in [0.05, 0.1) is 6.42 Å². The number of hydrogen-bond acceptors (Lipinski definition) is 3. The topological polar surface area (TPSA) is 94.2 Å². The lowest BCUT2D eigenvalue weighted by Gasteiger charge is -2.10. The van der Waals surface area contributed by atoms with Gasteiger partial charge in [-0.3, -0.25) is 14.8 Å². The van der Waals surface area contributed by atoms with Crippen LogP contribution in [0.15, 0.2) is 66.9 Å². The van der Waals surface area contributed by atoms with Crippen molar-refractivity contribution >= 4 is 28.4 Å². The predicted octanol–water partition coefficient (Wildman–Crippen LogP) is 4.75. The van der Waals surface area contributed by atoms with Crippen LogP contribution in [0.3, 0.4) is 0 Å². The molecule has 0 saturated carbocycles. The van der Waals surface area contributed by atoms with Crippen LogP contribution in [0.2, 0.25) is 0 Å². The summed E-state index contributed by atoms with van der Waals surface area (Å²) in [5.41, 5.74) is 9.15. The summed E-state index contributed by atoms with van der Waals surface area (Å²) in [6.45, 7) is 4.22. The van der Waals surface area contributed by atoms with Crippen molar-refractivity contribution in [1.82, 2.24) is 10.5 Å². The first-order valence-electron chi connectivity index (χ1n) is 9.97. The van der Waals surface area contributed by atoms with Crippen LogP contribution in [-0.2, 0) is 11.2 Å². The summed E-state index contributed by atoms with van der Waals surface area (Å²) in [6, 6.07) is 18.8. The molecule has 4 rings (SSSR count). The van der Waals surface area contributed by atoms with Crippen LogP contribution in [0.1, 0.15) is 27.0 Å². The molecule has 31 heavy (non-hydrogen) atoms. The molecule has 6 nitrogen and oxygen atoms in total. The van der Waals surface area contributed by atoms with Crippen molar-refractivity contribution in [3.63, 3.8) is 0 Å². The van der Waals surface area contributed by atoms with Gasteiger partial charge in [-0.15, -0.1) is 0 Å². The van der Waals surface area contributed by atoms with E-state index in [0.29, 0.717) is 11.3 Å². The van der Waals surface area contributed by atoms with E-state index >= 15 is 0 Å². The Morgan fingerprint density at radius 3 is 2.52 bits per heavy atom. The molecule has 0 saturated heterocycles. The number of nitrogens with one attached hydrogen (secondary N) is 3. The van der Waals surface area contributed by atoms with Gasteiger partial charge in [0.15, 0.2) is 0 Å². The minimum atomic E-state index is -0.601. The molecule has 4 N–H and O–H groups in total. The predicted molar refractivity (Wildman–Crippen MR) is 121 cm³/mol. The Morgan fingerprint density at radius 2 is 1.77 bits per heavy atom. The molecule has 1 heterocycles. The molecule has 3 aromatic carbocycles. The van der Waals surface area contributed by atoms with Gasteiger partial charge in [-0.1, -0.05) is 24.3 Å². The summed E-state index contributed by atoms with van der Waals surface area (Å²) in [4.78, 5) is 27.2. The highest BCUT2D eigenvalue weighted by atomic mass is 16.5. The van der Waals surface area contributed by atoms with Crippen molar-refractivity contribution in [3.05, 3.63) is 89.1 Å². The van der Waals surface area contributed by atoms with Crippen molar-refractivity contribution < 1.29 is 14.8 Å². The van der Waals surface area contributed by atoms with E-state index in [9.17, 15) is 9.59 Å². The highest BCUT2D eigenvalue weighted by Crippen LogP contribution is 2.30. The second-order valence-corrected chi connectivity index (χ2v) is 7.56. The van der Waals surface area contributed by atoms with E-state index in [-0.39, 0.29) is 12.3 Å². The average Bonchev–Trinajstić information content (AvgIpc) is 3.17. The highest BCUT2D eigenvalue weighted by Gasteiger charge is 2.12. The standard InChI is InChI=1S/C25H23N3O3/c1-15-4-3-5-21(16(15)2)18-8-11-23-22(12-18)19(14-26-23)13-24(29)27-20-9-6-17(7-10-20)25(30)28-31/h3-12,14,26,31H,13H2,1-2H3,(H,27,29)(H,28,30). The Labute approximate surface area is 179 Å². The quantitative estimate of drug-likeness (QED) is 0.281. The first-order valence-corrected chi connectivity index (χ1v) is 9.97. The number of aryl methyl sites for hydroxylation is 1. The fourth-order valence-corrected chi connectivity index (χ4v) is 3.70. The monoisotopic (exact) mass is 413 g/mol. The molecule has 2 amide bonds. The van der Waals surface area contributed by atoms with Gasteiger partial charge in [0, 0.05) is 28.4 Å². The average molecular weight is 413 g/mol. The van der Waals surface area contributed by atoms with Gasteiger partial charge in [0.1, 0.15) is 0 Å². The zero-order chi connectivity index (χ0) is 22.0. The molecule has 0 spiro atoms. The van der Waals surface area contributed by atoms with Crippen molar-refractivity contribution in [3.8, 4) is 11.1 Å². The smallest absolute Gasteiger partial charge is 0.274 e. The van der Waals surface area contributed by atoms with E-state index in [1.165, 1.54) is 28.8 Å². The van der Waals surface area contributed by atoms with Crippen molar-refractivity contribution in [2.75, 3.05) is 5.32 Å². The third-order valence-electron chi connectivity index (χ3n) is 5.57. The maximum absolute atomic E-state index is 12.6. The number of aromatic amines is 1. The fraction of sp³-hybridized carbons (Fsp3) is 0.120. The Morgan fingerprint density at radius 1 is 1.00 bits per heavy atom. The molecule has 0 fully saturated rings. The molecular formula is C25H23N3O3. The number of carbonyl (C=O) groups is 2. The maximum Gasteiger partial charge on any atom is 0.274 e. The van der Waals surface area contributed by atoms with Crippen molar-refractivity contribution in [1.29, 1.82) is 0 Å². The summed E-state index contributed by atoms with van der Waals surface area (Å²) in [5, 5.41) is 12.5. The van der Waals surface area contributed by atoms with E-state index < -0.39 is 5.91 Å². The van der Waals surface area contributed by atoms with Gasteiger partial charge in [-0.05, 0) is 78.1 Å². The van der Waals surface area contributed by atoms with E-state index in [2.05, 4.69) is 54.5 Å². The number of carbonyl (C=O) groups excluding carboxylic acids is 2. The maximum atomic E-state index is 12.6. The van der Waals surface area contributed by atoms with Crippen LogP contribution >= 0.6 is 0 Å². The molecule has 1 aromatic heterocycles.